The Labute approximate surface area is 162 Å². The average molecular weight is 390 g/mol. The molecule has 0 radical (unpaired) electrons. The molecule has 1 unspecified atom stereocenters. The van der Waals surface area contributed by atoms with E-state index in [9.17, 15) is 0 Å². The summed E-state index contributed by atoms with van der Waals surface area (Å²) in [6.45, 7) is 14.1. The van der Waals surface area contributed by atoms with Gasteiger partial charge in [0.05, 0.1) is 17.4 Å². The fourth-order valence-corrected chi connectivity index (χ4v) is 4.90. The number of nitrogens with zero attached hydrogens (tertiary/aromatic N) is 3. The first-order valence-electron chi connectivity index (χ1n) is 10.9. The lowest BCUT2D eigenvalue weighted by Gasteiger charge is -2.20. The molecule has 0 bridgehead atoms. The van der Waals surface area contributed by atoms with Gasteiger partial charge in [-0.3, -0.25) is 4.67 Å². The first kappa shape index (κ1) is 25.4. The fraction of sp³-hybridized carbons (Fsp3) is 1.00. The van der Waals surface area contributed by atoms with Crippen LogP contribution < -0.4 is 0 Å². The minimum atomic E-state index is 0.654. The summed E-state index contributed by atoms with van der Waals surface area (Å²) >= 11 is 0. The molecule has 0 aliphatic rings. The molecule has 150 valence electrons. The van der Waals surface area contributed by atoms with Crippen LogP contribution in [-0.4, -0.2) is 35.5 Å². The van der Waals surface area contributed by atoms with Crippen LogP contribution in [0.3, 0.4) is 0 Å². The molecule has 1 atom stereocenters. The van der Waals surface area contributed by atoms with Crippen molar-refractivity contribution in [3.8, 4) is 0 Å². The van der Waals surface area contributed by atoms with Gasteiger partial charge in [0.25, 0.3) is 0 Å². The van der Waals surface area contributed by atoms with E-state index in [1.54, 1.807) is 0 Å². The van der Waals surface area contributed by atoms with E-state index < -0.39 is 0 Å². The summed E-state index contributed by atoms with van der Waals surface area (Å²) in [6.07, 6.45) is 16.0. The van der Waals surface area contributed by atoms with Gasteiger partial charge in [-0.2, -0.15) is 0 Å². The molecule has 0 amide bonds. The lowest BCUT2D eigenvalue weighted by atomic mass is 10.2. The van der Waals surface area contributed by atoms with Crippen molar-refractivity contribution in [2.75, 3.05) is 26.2 Å². The van der Waals surface area contributed by atoms with Crippen molar-refractivity contribution in [1.82, 2.24) is 9.34 Å². The standard InChI is InChI=1S/C20H45N3P2/c1-5-9-13-17-22(18-14-10-6-2)24-21-25-23(19-15-11-7-3)20-16-12-8-4/h24H,5-20H2,1-4H3. The Balaban J connectivity index is 4.33. The van der Waals surface area contributed by atoms with Gasteiger partial charge in [-0.1, -0.05) is 79.1 Å². The van der Waals surface area contributed by atoms with Gasteiger partial charge in [0.1, 0.15) is 0 Å². The van der Waals surface area contributed by atoms with Gasteiger partial charge < -0.3 is 0 Å². The Morgan fingerprint density at radius 1 is 0.600 bits per heavy atom. The van der Waals surface area contributed by atoms with Crippen LogP contribution in [-0.2, 0) is 0 Å². The van der Waals surface area contributed by atoms with Crippen molar-refractivity contribution < 1.29 is 0 Å². The van der Waals surface area contributed by atoms with E-state index in [1.807, 2.05) is 0 Å². The normalized spacial score (nSPS) is 12.6. The monoisotopic (exact) mass is 389 g/mol. The molecular weight excluding hydrogens is 344 g/mol. The largest absolute Gasteiger partial charge is 0.266 e. The van der Waals surface area contributed by atoms with E-state index >= 15 is 0 Å². The molecule has 0 spiro atoms. The molecule has 0 rings (SSSR count). The van der Waals surface area contributed by atoms with Crippen LogP contribution in [0.25, 0.3) is 0 Å². The third-order valence-electron chi connectivity index (χ3n) is 4.46. The number of unbranched alkanes of at least 4 members (excludes halogenated alkanes) is 8. The molecule has 0 saturated carbocycles. The zero-order chi connectivity index (χ0) is 18.6. The number of rotatable bonds is 19. The second-order valence-corrected chi connectivity index (χ2v) is 9.44. The van der Waals surface area contributed by atoms with Gasteiger partial charge in [0, 0.05) is 26.2 Å². The maximum Gasteiger partial charge on any atom is 0.0984 e. The summed E-state index contributed by atoms with van der Waals surface area (Å²) in [4.78, 5) is 0. The van der Waals surface area contributed by atoms with Crippen molar-refractivity contribution in [3.63, 3.8) is 0 Å². The Bertz CT molecular complexity index is 268. The third kappa shape index (κ3) is 17.6. The average Bonchev–Trinajstić information content (AvgIpc) is 2.61. The fourth-order valence-electron chi connectivity index (χ4n) is 2.75. The highest BCUT2D eigenvalue weighted by Crippen LogP contribution is 2.28. The van der Waals surface area contributed by atoms with Gasteiger partial charge >= 0.3 is 0 Å². The van der Waals surface area contributed by atoms with Crippen LogP contribution in [0.15, 0.2) is 4.52 Å². The van der Waals surface area contributed by atoms with Crippen LogP contribution in [0, 0.1) is 0 Å². The van der Waals surface area contributed by atoms with E-state index in [4.69, 9.17) is 4.52 Å². The van der Waals surface area contributed by atoms with Crippen LogP contribution in [0.5, 0.6) is 0 Å². The maximum absolute atomic E-state index is 4.94. The highest BCUT2D eigenvalue weighted by Gasteiger charge is 2.05. The van der Waals surface area contributed by atoms with Gasteiger partial charge in [0.15, 0.2) is 0 Å². The summed E-state index contributed by atoms with van der Waals surface area (Å²) in [5, 5.41) is 0. The van der Waals surface area contributed by atoms with E-state index in [-0.39, 0.29) is 0 Å². The number of hydrogen-bond acceptors (Lipinski definition) is 2. The van der Waals surface area contributed by atoms with E-state index in [0.29, 0.717) is 8.88 Å². The predicted octanol–water partition coefficient (Wildman–Crippen LogP) is 7.90. The minimum Gasteiger partial charge on any atom is -0.266 e. The second kappa shape index (κ2) is 20.8. The lowest BCUT2D eigenvalue weighted by molar-refractivity contribution is 0.424. The minimum absolute atomic E-state index is 0.654. The van der Waals surface area contributed by atoms with E-state index in [2.05, 4.69) is 37.0 Å². The lowest BCUT2D eigenvalue weighted by Crippen LogP contribution is -2.17. The second-order valence-electron chi connectivity index (χ2n) is 7.06. The van der Waals surface area contributed by atoms with Gasteiger partial charge in [0.2, 0.25) is 0 Å². The summed E-state index contributed by atoms with van der Waals surface area (Å²) < 4.78 is 10.1. The SMILES string of the molecule is CCCCCN(CCCCC)P=NPN(CCCCC)CCCCC. The molecular formula is C20H45N3P2. The van der Waals surface area contributed by atoms with Crippen LogP contribution >= 0.6 is 17.4 Å². The summed E-state index contributed by atoms with van der Waals surface area (Å²) in [5.41, 5.74) is 0. The quantitative estimate of drug-likeness (QED) is 0.165. The van der Waals surface area contributed by atoms with Crippen molar-refractivity contribution in [2.45, 2.75) is 105 Å². The van der Waals surface area contributed by atoms with Gasteiger partial charge in [-0.15, -0.1) is 0 Å². The third-order valence-corrected chi connectivity index (χ3v) is 6.56. The molecule has 0 aliphatic carbocycles. The van der Waals surface area contributed by atoms with Gasteiger partial charge in [-0.25, -0.2) is 9.19 Å². The van der Waals surface area contributed by atoms with Crippen molar-refractivity contribution in [1.29, 1.82) is 0 Å². The van der Waals surface area contributed by atoms with Crippen LogP contribution in [0.4, 0.5) is 0 Å². The molecule has 0 saturated heterocycles. The van der Waals surface area contributed by atoms with Crippen molar-refractivity contribution in [3.05, 3.63) is 0 Å². The van der Waals surface area contributed by atoms with Crippen molar-refractivity contribution >= 4 is 17.4 Å². The highest BCUT2D eigenvalue weighted by atomic mass is 31.1. The molecule has 0 aromatic rings. The van der Waals surface area contributed by atoms with Crippen LogP contribution in [0.2, 0.25) is 0 Å². The predicted molar refractivity (Wildman–Crippen MR) is 119 cm³/mol. The molecule has 5 heteroatoms. The first-order chi connectivity index (χ1) is 12.3. The van der Waals surface area contributed by atoms with E-state index in [1.165, 1.54) is 112 Å². The molecule has 0 heterocycles. The molecule has 25 heavy (non-hydrogen) atoms. The first-order valence-corrected chi connectivity index (χ1v) is 12.6. The summed E-state index contributed by atoms with van der Waals surface area (Å²) in [7, 11) is 1.87. The maximum atomic E-state index is 4.94. The Kier molecular flexibility index (Phi) is 21.1. The molecule has 0 N–H and O–H groups in total. The zero-order valence-electron chi connectivity index (χ0n) is 17.6. The Morgan fingerprint density at radius 2 is 1.00 bits per heavy atom. The highest BCUT2D eigenvalue weighted by molar-refractivity contribution is 7.42. The molecule has 0 aromatic carbocycles. The Morgan fingerprint density at radius 3 is 1.40 bits per heavy atom. The molecule has 0 aromatic heterocycles. The zero-order valence-corrected chi connectivity index (χ0v) is 19.5. The summed E-state index contributed by atoms with van der Waals surface area (Å²) in [6, 6.07) is 0. The van der Waals surface area contributed by atoms with Gasteiger partial charge in [-0.05, 0) is 25.7 Å². The molecule has 3 nitrogen and oxygen atoms in total. The van der Waals surface area contributed by atoms with Crippen molar-refractivity contribution in [2.24, 2.45) is 4.52 Å². The topological polar surface area (TPSA) is 18.8 Å². The van der Waals surface area contributed by atoms with Crippen LogP contribution in [0.1, 0.15) is 105 Å². The van der Waals surface area contributed by atoms with E-state index in [0.717, 1.165) is 0 Å². The Hall–Kier alpha value is 0.450. The number of hydrogen-bond donors (Lipinski definition) is 0. The molecule has 0 fully saturated rings. The molecule has 0 aliphatic heterocycles. The smallest absolute Gasteiger partial charge is 0.0984 e. The summed E-state index contributed by atoms with van der Waals surface area (Å²) in [5.74, 6) is 0.